The highest BCUT2D eigenvalue weighted by Gasteiger charge is 2.09. The fourth-order valence-corrected chi connectivity index (χ4v) is 2.03. The van der Waals surface area contributed by atoms with Crippen LogP contribution in [0.4, 0.5) is 0 Å². The molecule has 0 fully saturated rings. The summed E-state index contributed by atoms with van der Waals surface area (Å²) in [6.07, 6.45) is 0. The van der Waals surface area contributed by atoms with Gasteiger partial charge in [0.25, 0.3) is 0 Å². The van der Waals surface area contributed by atoms with Crippen molar-refractivity contribution in [2.24, 2.45) is 0 Å². The highest BCUT2D eigenvalue weighted by molar-refractivity contribution is 5.73. The van der Waals surface area contributed by atoms with Crippen molar-refractivity contribution in [3.8, 4) is 34.8 Å². The maximum Gasteiger partial charge on any atom is 0.120 e. The van der Waals surface area contributed by atoms with Gasteiger partial charge in [0.1, 0.15) is 11.2 Å². The molecule has 0 bridgehead atoms. The lowest BCUT2D eigenvalue weighted by Crippen LogP contribution is -2.14. The molecule has 24 heavy (non-hydrogen) atoms. The number of hydrogen-bond acceptors (Lipinski definition) is 2. The average molecular weight is 318 g/mol. The van der Waals surface area contributed by atoms with E-state index in [9.17, 15) is 10.2 Å². The summed E-state index contributed by atoms with van der Waals surface area (Å²) in [7, 11) is 0. The van der Waals surface area contributed by atoms with Gasteiger partial charge in [-0.25, -0.2) is 0 Å². The monoisotopic (exact) mass is 318 g/mol. The fraction of sp³-hybridized carbons (Fsp3) is 0.273. The molecule has 0 aliphatic carbocycles. The summed E-state index contributed by atoms with van der Waals surface area (Å²) in [6.45, 7) is 6.62. The summed E-state index contributed by atoms with van der Waals surface area (Å²) < 4.78 is 0. The van der Waals surface area contributed by atoms with Crippen LogP contribution in [0, 0.1) is 23.7 Å². The van der Waals surface area contributed by atoms with Gasteiger partial charge >= 0.3 is 0 Å². The predicted octanol–water partition coefficient (Wildman–Crippen LogP) is 3.60. The molecule has 2 aromatic rings. The van der Waals surface area contributed by atoms with E-state index in [1.165, 1.54) is 0 Å². The first-order chi connectivity index (χ1) is 11.1. The van der Waals surface area contributed by atoms with Gasteiger partial charge in [-0.3, -0.25) is 0 Å². The molecule has 0 radical (unpaired) electrons. The highest BCUT2D eigenvalue weighted by Crippen LogP contribution is 2.24. The molecule has 0 unspecified atom stereocenters. The second kappa shape index (κ2) is 6.93. The largest absolute Gasteiger partial charge is 0.378 e. The van der Waals surface area contributed by atoms with Crippen LogP contribution in [0.5, 0.6) is 0 Å². The van der Waals surface area contributed by atoms with Crippen molar-refractivity contribution in [3.63, 3.8) is 0 Å². The Morgan fingerprint density at radius 1 is 0.750 bits per heavy atom. The van der Waals surface area contributed by atoms with Crippen LogP contribution in [0.3, 0.4) is 0 Å². The third kappa shape index (κ3) is 5.60. The summed E-state index contributed by atoms with van der Waals surface area (Å²) in [5.41, 5.74) is 1.54. The van der Waals surface area contributed by atoms with Crippen LogP contribution in [0.1, 0.15) is 38.8 Å². The first-order valence-electron chi connectivity index (χ1n) is 7.85. The smallest absolute Gasteiger partial charge is 0.120 e. The lowest BCUT2D eigenvalue weighted by atomic mass is 9.96. The highest BCUT2D eigenvalue weighted by atomic mass is 16.3. The number of aliphatic hydroxyl groups is 2. The van der Waals surface area contributed by atoms with E-state index >= 15 is 0 Å². The second-order valence-electron chi connectivity index (χ2n) is 6.74. The molecule has 0 saturated heterocycles. The Bertz CT molecular complexity index is 827. The van der Waals surface area contributed by atoms with Gasteiger partial charge < -0.3 is 10.2 Å². The van der Waals surface area contributed by atoms with Crippen molar-refractivity contribution in [1.82, 2.24) is 0 Å². The van der Waals surface area contributed by atoms with Crippen LogP contribution in [-0.2, 0) is 0 Å². The molecule has 122 valence electrons. The van der Waals surface area contributed by atoms with Gasteiger partial charge in [-0.15, -0.1) is 0 Å². The van der Waals surface area contributed by atoms with Gasteiger partial charge in [0.2, 0.25) is 0 Å². The van der Waals surface area contributed by atoms with E-state index in [0.717, 1.165) is 22.3 Å². The molecule has 0 aliphatic heterocycles. The Kier molecular flexibility index (Phi) is 5.15. The molecule has 2 nitrogen and oxygen atoms in total. The van der Waals surface area contributed by atoms with Gasteiger partial charge in [-0.1, -0.05) is 54.0 Å². The van der Waals surface area contributed by atoms with Gasteiger partial charge in [0.15, 0.2) is 0 Å². The second-order valence-corrected chi connectivity index (χ2v) is 6.74. The Balaban J connectivity index is 2.55. The Morgan fingerprint density at radius 2 is 1.33 bits per heavy atom. The number of benzene rings is 2. The molecule has 0 aliphatic rings. The molecule has 2 N–H and O–H groups in total. The molecular weight excluding hydrogens is 296 g/mol. The third-order valence-electron chi connectivity index (χ3n) is 3.12. The van der Waals surface area contributed by atoms with E-state index in [1.54, 1.807) is 27.7 Å². The molecule has 0 saturated carbocycles. The van der Waals surface area contributed by atoms with E-state index in [-0.39, 0.29) is 0 Å². The van der Waals surface area contributed by atoms with Crippen LogP contribution in [0.25, 0.3) is 11.1 Å². The van der Waals surface area contributed by atoms with E-state index < -0.39 is 11.2 Å². The minimum atomic E-state index is -1.05. The average Bonchev–Trinajstić information content (AvgIpc) is 2.50. The number of hydrogen-bond donors (Lipinski definition) is 2. The molecule has 0 heterocycles. The summed E-state index contributed by atoms with van der Waals surface area (Å²) in [6, 6.07) is 15.7. The van der Waals surface area contributed by atoms with E-state index in [2.05, 4.69) is 23.7 Å². The molecule has 0 aromatic heterocycles. The van der Waals surface area contributed by atoms with Crippen LogP contribution >= 0.6 is 0 Å². The molecule has 0 spiro atoms. The van der Waals surface area contributed by atoms with Crippen molar-refractivity contribution in [2.75, 3.05) is 0 Å². The standard InChI is InChI=1S/C22H22O2/c1-21(2,23)14-12-17-10-11-19(13-15-22(3,4)24)20(16-17)18-8-6-5-7-9-18/h5-11,16,23-24H,1-4H3. The molecular formula is C22H22O2. The van der Waals surface area contributed by atoms with Crippen LogP contribution in [0.15, 0.2) is 48.5 Å². The minimum absolute atomic E-state index is 0.810. The lowest BCUT2D eigenvalue weighted by Gasteiger charge is -2.09. The summed E-state index contributed by atoms with van der Waals surface area (Å²) >= 11 is 0. The Hall–Kier alpha value is -2.52. The van der Waals surface area contributed by atoms with Crippen molar-refractivity contribution in [2.45, 2.75) is 38.9 Å². The Labute approximate surface area is 144 Å². The first kappa shape index (κ1) is 17.8. The van der Waals surface area contributed by atoms with Crippen molar-refractivity contribution < 1.29 is 10.2 Å². The van der Waals surface area contributed by atoms with Crippen LogP contribution in [0.2, 0.25) is 0 Å². The maximum absolute atomic E-state index is 9.85. The van der Waals surface area contributed by atoms with Crippen molar-refractivity contribution in [3.05, 3.63) is 59.7 Å². The van der Waals surface area contributed by atoms with Crippen LogP contribution < -0.4 is 0 Å². The number of rotatable bonds is 1. The van der Waals surface area contributed by atoms with Gasteiger partial charge in [-0.05, 0) is 57.0 Å². The summed E-state index contributed by atoms with van der Waals surface area (Å²) in [5, 5.41) is 19.6. The van der Waals surface area contributed by atoms with Gasteiger partial charge in [0, 0.05) is 11.1 Å². The van der Waals surface area contributed by atoms with Crippen molar-refractivity contribution in [1.29, 1.82) is 0 Å². The zero-order valence-corrected chi connectivity index (χ0v) is 14.5. The maximum atomic E-state index is 9.85. The molecule has 0 atom stereocenters. The minimum Gasteiger partial charge on any atom is -0.378 e. The first-order valence-corrected chi connectivity index (χ1v) is 7.85. The zero-order valence-electron chi connectivity index (χ0n) is 14.5. The quantitative estimate of drug-likeness (QED) is 0.789. The third-order valence-corrected chi connectivity index (χ3v) is 3.12. The van der Waals surface area contributed by atoms with Gasteiger partial charge in [0.05, 0.1) is 0 Å². The van der Waals surface area contributed by atoms with E-state index in [0.29, 0.717) is 0 Å². The molecule has 2 rings (SSSR count). The molecule has 2 aromatic carbocycles. The summed E-state index contributed by atoms with van der Waals surface area (Å²) in [4.78, 5) is 0. The lowest BCUT2D eigenvalue weighted by molar-refractivity contribution is 0.143. The predicted molar refractivity (Wildman–Crippen MR) is 98.2 cm³/mol. The summed E-state index contributed by atoms with van der Waals surface area (Å²) in [5.74, 6) is 11.7. The SMILES string of the molecule is CC(C)(O)C#Cc1ccc(C#CC(C)(C)O)c(-c2ccccc2)c1. The topological polar surface area (TPSA) is 40.5 Å². The molecule has 0 amide bonds. The zero-order chi connectivity index (χ0) is 17.8. The van der Waals surface area contributed by atoms with Crippen molar-refractivity contribution >= 4 is 0 Å². The van der Waals surface area contributed by atoms with E-state index in [4.69, 9.17) is 0 Å². The van der Waals surface area contributed by atoms with Crippen LogP contribution in [-0.4, -0.2) is 21.4 Å². The normalized spacial score (nSPS) is 11.1. The Morgan fingerprint density at radius 3 is 1.92 bits per heavy atom. The van der Waals surface area contributed by atoms with E-state index in [1.807, 2.05) is 48.5 Å². The molecule has 2 heteroatoms. The van der Waals surface area contributed by atoms with Gasteiger partial charge in [-0.2, -0.15) is 0 Å². The fourth-order valence-electron chi connectivity index (χ4n) is 2.03.